The van der Waals surface area contributed by atoms with E-state index in [0.29, 0.717) is 37.3 Å². The van der Waals surface area contributed by atoms with Gasteiger partial charge in [-0.3, -0.25) is 9.59 Å². The number of carbonyl (C=O) groups is 2. The van der Waals surface area contributed by atoms with Crippen molar-refractivity contribution in [1.82, 2.24) is 19.6 Å². The van der Waals surface area contributed by atoms with Crippen LogP contribution in [0.1, 0.15) is 33.2 Å². The lowest BCUT2D eigenvalue weighted by Crippen LogP contribution is -2.50. The van der Waals surface area contributed by atoms with Crippen molar-refractivity contribution in [3.05, 3.63) is 82.1 Å². The van der Waals surface area contributed by atoms with Gasteiger partial charge in [-0.15, -0.1) is 0 Å². The molecular formula is C23H23BrN4O2. The molecular weight excluding hydrogens is 444 g/mol. The summed E-state index contributed by atoms with van der Waals surface area (Å²) >= 11 is 3.42. The molecule has 0 bridgehead atoms. The third-order valence-electron chi connectivity index (χ3n) is 5.38. The molecule has 1 saturated heterocycles. The van der Waals surface area contributed by atoms with Gasteiger partial charge in [0.2, 0.25) is 0 Å². The molecule has 1 aromatic heterocycles. The second-order valence-electron chi connectivity index (χ2n) is 7.28. The molecule has 2 amide bonds. The minimum absolute atomic E-state index is 0.0211. The van der Waals surface area contributed by atoms with Gasteiger partial charge in [0.1, 0.15) is 0 Å². The van der Waals surface area contributed by atoms with Crippen LogP contribution in [0.5, 0.6) is 0 Å². The number of amides is 2. The van der Waals surface area contributed by atoms with Gasteiger partial charge in [-0.1, -0.05) is 35.0 Å². The number of carbonyl (C=O) groups excluding carboxylic acids is 2. The maximum Gasteiger partial charge on any atom is 0.257 e. The Bertz CT molecular complexity index is 1040. The molecule has 2 aromatic carbocycles. The lowest BCUT2D eigenvalue weighted by atomic mass is 10.1. The van der Waals surface area contributed by atoms with Crippen LogP contribution in [0.25, 0.3) is 5.69 Å². The van der Waals surface area contributed by atoms with Gasteiger partial charge in [0, 0.05) is 42.4 Å². The largest absolute Gasteiger partial charge is 0.335 e. The number of aromatic nitrogens is 2. The summed E-state index contributed by atoms with van der Waals surface area (Å²) in [6, 6.07) is 15.5. The highest BCUT2D eigenvalue weighted by Crippen LogP contribution is 2.16. The monoisotopic (exact) mass is 466 g/mol. The van der Waals surface area contributed by atoms with Crippen molar-refractivity contribution in [2.24, 2.45) is 0 Å². The van der Waals surface area contributed by atoms with Gasteiger partial charge in [-0.25, -0.2) is 4.68 Å². The Morgan fingerprint density at radius 1 is 0.867 bits per heavy atom. The van der Waals surface area contributed by atoms with Crippen LogP contribution in [-0.4, -0.2) is 57.6 Å². The zero-order chi connectivity index (χ0) is 21.1. The van der Waals surface area contributed by atoms with Crippen molar-refractivity contribution in [2.45, 2.75) is 13.3 Å². The molecule has 0 atom stereocenters. The van der Waals surface area contributed by atoms with Crippen LogP contribution in [0.15, 0.2) is 65.4 Å². The van der Waals surface area contributed by atoms with E-state index in [0.717, 1.165) is 16.6 Å². The summed E-state index contributed by atoms with van der Waals surface area (Å²) in [4.78, 5) is 29.2. The van der Waals surface area contributed by atoms with Crippen molar-refractivity contribution in [1.29, 1.82) is 0 Å². The van der Waals surface area contributed by atoms with E-state index in [9.17, 15) is 9.59 Å². The minimum atomic E-state index is -0.0576. The SMILES string of the molecule is CCc1ccc(C(=O)N2CCN(C(=O)c3cnn(-c4ccc(Br)cc4)c3)CC2)cc1. The highest BCUT2D eigenvalue weighted by atomic mass is 79.9. The molecule has 0 saturated carbocycles. The number of aryl methyl sites for hydroxylation is 1. The molecule has 154 valence electrons. The fourth-order valence-corrected chi connectivity index (χ4v) is 3.79. The number of nitrogens with zero attached hydrogens (tertiary/aromatic N) is 4. The molecule has 0 unspecified atom stereocenters. The van der Waals surface area contributed by atoms with Crippen LogP contribution in [0, 0.1) is 0 Å². The quantitative estimate of drug-likeness (QED) is 0.587. The molecule has 0 radical (unpaired) electrons. The Labute approximate surface area is 184 Å². The van der Waals surface area contributed by atoms with Gasteiger partial charge < -0.3 is 9.80 Å². The van der Waals surface area contributed by atoms with E-state index in [4.69, 9.17) is 0 Å². The summed E-state index contributed by atoms with van der Waals surface area (Å²) in [5, 5.41) is 4.32. The first kappa shape index (κ1) is 20.3. The van der Waals surface area contributed by atoms with E-state index in [-0.39, 0.29) is 11.8 Å². The number of hydrogen-bond donors (Lipinski definition) is 0. The van der Waals surface area contributed by atoms with E-state index in [1.54, 1.807) is 22.0 Å². The van der Waals surface area contributed by atoms with Crippen LogP contribution < -0.4 is 0 Å². The molecule has 7 heteroatoms. The maximum atomic E-state index is 12.9. The fraction of sp³-hybridized carbons (Fsp3) is 0.261. The summed E-state index contributed by atoms with van der Waals surface area (Å²) in [7, 11) is 0. The van der Waals surface area contributed by atoms with E-state index in [2.05, 4.69) is 28.0 Å². The highest BCUT2D eigenvalue weighted by Gasteiger charge is 2.26. The van der Waals surface area contributed by atoms with Gasteiger partial charge in [0.05, 0.1) is 17.4 Å². The highest BCUT2D eigenvalue weighted by molar-refractivity contribution is 9.10. The summed E-state index contributed by atoms with van der Waals surface area (Å²) in [6.07, 6.45) is 4.29. The zero-order valence-electron chi connectivity index (χ0n) is 16.8. The van der Waals surface area contributed by atoms with Crippen LogP contribution >= 0.6 is 15.9 Å². The lowest BCUT2D eigenvalue weighted by molar-refractivity contribution is 0.0535. The van der Waals surface area contributed by atoms with Crippen molar-refractivity contribution >= 4 is 27.7 Å². The molecule has 2 heterocycles. The molecule has 4 rings (SSSR count). The Morgan fingerprint density at radius 2 is 1.43 bits per heavy atom. The second kappa shape index (κ2) is 8.83. The van der Waals surface area contributed by atoms with Gasteiger partial charge in [-0.05, 0) is 48.4 Å². The number of rotatable bonds is 4. The number of benzene rings is 2. The fourth-order valence-electron chi connectivity index (χ4n) is 3.53. The van der Waals surface area contributed by atoms with Crippen molar-refractivity contribution in [2.75, 3.05) is 26.2 Å². The lowest BCUT2D eigenvalue weighted by Gasteiger charge is -2.34. The van der Waals surface area contributed by atoms with Gasteiger partial charge in [0.25, 0.3) is 11.8 Å². The Kier molecular flexibility index (Phi) is 5.99. The number of halogens is 1. The smallest absolute Gasteiger partial charge is 0.257 e. The Hall–Kier alpha value is -2.93. The molecule has 1 aliphatic heterocycles. The summed E-state index contributed by atoms with van der Waals surface area (Å²) in [5.74, 6) is -0.0365. The van der Waals surface area contributed by atoms with E-state index >= 15 is 0 Å². The van der Waals surface area contributed by atoms with E-state index in [1.807, 2.05) is 53.4 Å². The molecule has 1 aliphatic rings. The second-order valence-corrected chi connectivity index (χ2v) is 8.20. The first-order chi connectivity index (χ1) is 14.5. The Balaban J connectivity index is 1.37. The molecule has 1 fully saturated rings. The van der Waals surface area contributed by atoms with Crippen LogP contribution in [0.3, 0.4) is 0 Å². The number of hydrogen-bond acceptors (Lipinski definition) is 3. The average molecular weight is 467 g/mol. The number of piperazine rings is 1. The van der Waals surface area contributed by atoms with Crippen molar-refractivity contribution in [3.8, 4) is 5.69 Å². The standard InChI is InChI=1S/C23H23BrN4O2/c1-2-17-3-5-18(6-4-17)22(29)26-11-13-27(14-12-26)23(30)19-15-25-28(16-19)21-9-7-20(24)8-10-21/h3-10,15-16H,2,11-14H2,1H3. The molecule has 0 aliphatic carbocycles. The van der Waals surface area contributed by atoms with Gasteiger partial charge in [-0.2, -0.15) is 5.10 Å². The van der Waals surface area contributed by atoms with Crippen molar-refractivity contribution < 1.29 is 9.59 Å². The maximum absolute atomic E-state index is 12.9. The summed E-state index contributed by atoms with van der Waals surface area (Å²) in [5.41, 5.74) is 3.35. The van der Waals surface area contributed by atoms with Gasteiger partial charge >= 0.3 is 0 Å². The minimum Gasteiger partial charge on any atom is -0.335 e. The third kappa shape index (κ3) is 4.31. The molecule has 0 spiro atoms. The van der Waals surface area contributed by atoms with Gasteiger partial charge in [0.15, 0.2) is 0 Å². The zero-order valence-corrected chi connectivity index (χ0v) is 18.4. The van der Waals surface area contributed by atoms with E-state index < -0.39 is 0 Å². The predicted octanol–water partition coefficient (Wildman–Crippen LogP) is 3.80. The van der Waals surface area contributed by atoms with Crippen LogP contribution in [0.4, 0.5) is 0 Å². The first-order valence-corrected chi connectivity index (χ1v) is 10.8. The first-order valence-electron chi connectivity index (χ1n) is 10.0. The average Bonchev–Trinajstić information content (AvgIpc) is 3.29. The van der Waals surface area contributed by atoms with Crippen LogP contribution in [-0.2, 0) is 6.42 Å². The van der Waals surface area contributed by atoms with Crippen molar-refractivity contribution in [3.63, 3.8) is 0 Å². The molecule has 6 nitrogen and oxygen atoms in total. The summed E-state index contributed by atoms with van der Waals surface area (Å²) in [6.45, 7) is 4.18. The third-order valence-corrected chi connectivity index (χ3v) is 5.91. The normalized spacial score (nSPS) is 14.1. The van der Waals surface area contributed by atoms with Crippen LogP contribution in [0.2, 0.25) is 0 Å². The summed E-state index contributed by atoms with van der Waals surface area (Å²) < 4.78 is 2.68. The predicted molar refractivity (Wildman–Crippen MR) is 119 cm³/mol. The molecule has 30 heavy (non-hydrogen) atoms. The molecule has 0 N–H and O–H groups in total. The van der Waals surface area contributed by atoms with E-state index in [1.165, 1.54) is 5.56 Å². The topological polar surface area (TPSA) is 58.4 Å². The molecule has 3 aromatic rings. The Morgan fingerprint density at radius 3 is 2.00 bits per heavy atom.